The number of aromatic nitrogens is 2. The van der Waals surface area contributed by atoms with E-state index in [-0.39, 0.29) is 11.8 Å². The Morgan fingerprint density at radius 3 is 2.40 bits per heavy atom. The normalized spacial score (nSPS) is 10.0. The molecule has 2 aromatic rings. The van der Waals surface area contributed by atoms with E-state index in [0.29, 0.717) is 21.7 Å². The number of methoxy groups -OCH3 is 2. The number of anilines is 1. The van der Waals surface area contributed by atoms with Crippen molar-refractivity contribution in [3.63, 3.8) is 0 Å². The van der Waals surface area contributed by atoms with Gasteiger partial charge in [0, 0.05) is 0 Å². The van der Waals surface area contributed by atoms with Crippen molar-refractivity contribution < 1.29 is 14.2 Å². The van der Waals surface area contributed by atoms with Crippen molar-refractivity contribution in [3.8, 4) is 23.1 Å². The fourth-order valence-electron chi connectivity index (χ4n) is 1.51. The Morgan fingerprint density at radius 1 is 1.20 bits per heavy atom. The van der Waals surface area contributed by atoms with E-state index in [4.69, 9.17) is 20.1 Å². The number of benzene rings is 1. The number of hydrazine groups is 1. The zero-order valence-electron chi connectivity index (χ0n) is 10.9. The van der Waals surface area contributed by atoms with E-state index in [1.807, 2.05) is 0 Å². The molecular weight excluding hydrogens is 328 g/mol. The van der Waals surface area contributed by atoms with Crippen LogP contribution in [0, 0.1) is 0 Å². The van der Waals surface area contributed by atoms with Gasteiger partial charge in [-0.15, -0.1) is 0 Å². The number of rotatable bonds is 5. The summed E-state index contributed by atoms with van der Waals surface area (Å²) in [7, 11) is 3.09. The summed E-state index contributed by atoms with van der Waals surface area (Å²) in [6, 6.07) is 5.32. The maximum absolute atomic E-state index is 5.75. The van der Waals surface area contributed by atoms with E-state index in [0.717, 1.165) is 0 Å². The molecule has 0 bridgehead atoms. The van der Waals surface area contributed by atoms with Gasteiger partial charge in [-0.2, -0.15) is 4.98 Å². The van der Waals surface area contributed by atoms with Gasteiger partial charge >= 0.3 is 0 Å². The third-order valence-corrected chi connectivity index (χ3v) is 2.97. The molecule has 106 valence electrons. The summed E-state index contributed by atoms with van der Waals surface area (Å²) in [5.41, 5.74) is 2.35. The number of ether oxygens (including phenoxy) is 3. The van der Waals surface area contributed by atoms with Gasteiger partial charge in [-0.25, -0.2) is 10.8 Å². The molecule has 1 aromatic carbocycles. The summed E-state index contributed by atoms with van der Waals surface area (Å²) in [4.78, 5) is 8.06. The number of nitrogens with two attached hydrogens (primary N) is 1. The maximum atomic E-state index is 5.75. The van der Waals surface area contributed by atoms with Crippen LogP contribution < -0.4 is 25.5 Å². The number of nitrogens with zero attached hydrogens (tertiary/aromatic N) is 2. The molecule has 0 aliphatic heterocycles. The van der Waals surface area contributed by atoms with Gasteiger partial charge in [0.25, 0.3) is 0 Å². The van der Waals surface area contributed by atoms with Crippen LogP contribution in [0.5, 0.6) is 23.1 Å². The van der Waals surface area contributed by atoms with Gasteiger partial charge in [-0.05, 0) is 28.1 Å². The van der Waals surface area contributed by atoms with Crippen LogP contribution in [-0.2, 0) is 0 Å². The summed E-state index contributed by atoms with van der Waals surface area (Å²) in [6.07, 6.45) is 1.53. The Kier molecular flexibility index (Phi) is 4.59. The highest BCUT2D eigenvalue weighted by Gasteiger charge is 2.15. The first-order chi connectivity index (χ1) is 9.69. The van der Waals surface area contributed by atoms with E-state index in [1.165, 1.54) is 6.20 Å². The topological polar surface area (TPSA) is 91.5 Å². The van der Waals surface area contributed by atoms with Gasteiger partial charge in [0.2, 0.25) is 17.6 Å². The SMILES string of the molecule is COc1cccc(OC)c1Oc1nc(NN)ncc1Br. The summed E-state index contributed by atoms with van der Waals surface area (Å²) < 4.78 is 16.8. The van der Waals surface area contributed by atoms with Gasteiger partial charge < -0.3 is 14.2 Å². The molecule has 0 unspecified atom stereocenters. The Labute approximate surface area is 124 Å². The summed E-state index contributed by atoms with van der Waals surface area (Å²) >= 11 is 3.31. The van der Waals surface area contributed by atoms with Crippen molar-refractivity contribution in [2.24, 2.45) is 5.84 Å². The van der Waals surface area contributed by atoms with Gasteiger partial charge in [0.15, 0.2) is 11.5 Å². The second-order valence-electron chi connectivity index (χ2n) is 3.58. The van der Waals surface area contributed by atoms with Crippen molar-refractivity contribution in [2.75, 3.05) is 19.6 Å². The van der Waals surface area contributed by atoms with Crippen LogP contribution in [0.4, 0.5) is 5.95 Å². The molecule has 2 rings (SSSR count). The van der Waals surface area contributed by atoms with Crippen molar-refractivity contribution in [1.29, 1.82) is 0 Å². The van der Waals surface area contributed by atoms with Crippen LogP contribution in [0.3, 0.4) is 0 Å². The third kappa shape index (κ3) is 2.91. The minimum Gasteiger partial charge on any atom is -0.493 e. The first-order valence-corrected chi connectivity index (χ1v) is 6.37. The molecule has 0 amide bonds. The number of hydrogen-bond donors (Lipinski definition) is 2. The van der Waals surface area contributed by atoms with E-state index in [1.54, 1.807) is 32.4 Å². The molecular formula is C12H13BrN4O3. The number of nitrogen functional groups attached to an aromatic ring is 1. The second kappa shape index (κ2) is 6.40. The molecule has 0 aliphatic carbocycles. The molecule has 7 nitrogen and oxygen atoms in total. The standard InChI is InChI=1S/C12H13BrN4O3/c1-18-8-4-3-5-9(19-2)10(8)20-11-7(13)6-15-12(16-11)17-14/h3-6H,14H2,1-2H3,(H,15,16,17). The molecule has 1 heterocycles. The second-order valence-corrected chi connectivity index (χ2v) is 4.44. The van der Waals surface area contributed by atoms with E-state index in [9.17, 15) is 0 Å². The number of halogens is 1. The summed E-state index contributed by atoms with van der Waals surface area (Å²) in [5, 5.41) is 0. The highest BCUT2D eigenvalue weighted by atomic mass is 79.9. The monoisotopic (exact) mass is 340 g/mol. The van der Waals surface area contributed by atoms with Gasteiger partial charge in [0.1, 0.15) is 0 Å². The Hall–Kier alpha value is -2.06. The van der Waals surface area contributed by atoms with Gasteiger partial charge in [-0.1, -0.05) is 6.07 Å². The highest BCUT2D eigenvalue weighted by Crippen LogP contribution is 2.41. The molecule has 3 N–H and O–H groups in total. The summed E-state index contributed by atoms with van der Waals surface area (Å²) in [5.74, 6) is 7.27. The average molecular weight is 341 g/mol. The van der Waals surface area contributed by atoms with E-state index >= 15 is 0 Å². The zero-order chi connectivity index (χ0) is 14.5. The smallest absolute Gasteiger partial charge is 0.240 e. The van der Waals surface area contributed by atoms with Crippen molar-refractivity contribution >= 4 is 21.9 Å². The highest BCUT2D eigenvalue weighted by molar-refractivity contribution is 9.10. The quantitative estimate of drug-likeness (QED) is 0.637. The van der Waals surface area contributed by atoms with Crippen molar-refractivity contribution in [2.45, 2.75) is 0 Å². The Morgan fingerprint density at radius 2 is 1.85 bits per heavy atom. The third-order valence-electron chi connectivity index (χ3n) is 2.42. The Balaban J connectivity index is 2.43. The average Bonchev–Trinajstić information content (AvgIpc) is 2.49. The molecule has 0 saturated carbocycles. The van der Waals surface area contributed by atoms with Crippen LogP contribution in [-0.4, -0.2) is 24.2 Å². The zero-order valence-corrected chi connectivity index (χ0v) is 12.5. The van der Waals surface area contributed by atoms with Crippen LogP contribution in [0.1, 0.15) is 0 Å². The molecule has 0 spiro atoms. The molecule has 0 saturated heterocycles. The predicted molar refractivity (Wildman–Crippen MR) is 77.2 cm³/mol. The lowest BCUT2D eigenvalue weighted by Crippen LogP contribution is -2.10. The van der Waals surface area contributed by atoms with Crippen molar-refractivity contribution in [3.05, 3.63) is 28.9 Å². The number of nitrogens with one attached hydrogen (secondary N) is 1. The lowest BCUT2D eigenvalue weighted by Gasteiger charge is -2.14. The van der Waals surface area contributed by atoms with Crippen LogP contribution in [0.25, 0.3) is 0 Å². The molecule has 8 heteroatoms. The van der Waals surface area contributed by atoms with Crippen molar-refractivity contribution in [1.82, 2.24) is 9.97 Å². The molecule has 1 aromatic heterocycles. The van der Waals surface area contributed by atoms with Crippen LogP contribution >= 0.6 is 15.9 Å². The molecule has 0 atom stereocenters. The fraction of sp³-hybridized carbons (Fsp3) is 0.167. The first-order valence-electron chi connectivity index (χ1n) is 5.57. The minimum absolute atomic E-state index is 0.233. The largest absolute Gasteiger partial charge is 0.493 e. The van der Waals surface area contributed by atoms with Crippen LogP contribution in [0.2, 0.25) is 0 Å². The lowest BCUT2D eigenvalue weighted by molar-refractivity contribution is 0.341. The van der Waals surface area contributed by atoms with Gasteiger partial charge in [-0.3, -0.25) is 5.43 Å². The minimum atomic E-state index is 0.233. The molecule has 20 heavy (non-hydrogen) atoms. The summed E-state index contributed by atoms with van der Waals surface area (Å²) in [6.45, 7) is 0. The molecule has 0 fully saturated rings. The van der Waals surface area contributed by atoms with Gasteiger partial charge in [0.05, 0.1) is 24.9 Å². The van der Waals surface area contributed by atoms with E-state index in [2.05, 4.69) is 31.3 Å². The predicted octanol–water partition coefficient (Wildman–Crippen LogP) is 2.33. The maximum Gasteiger partial charge on any atom is 0.240 e. The number of para-hydroxylation sites is 1. The first kappa shape index (κ1) is 14.4. The van der Waals surface area contributed by atoms with Crippen LogP contribution in [0.15, 0.2) is 28.9 Å². The molecule has 0 radical (unpaired) electrons. The van der Waals surface area contributed by atoms with E-state index < -0.39 is 0 Å². The molecule has 0 aliphatic rings. The Bertz CT molecular complexity index is 587. The lowest BCUT2D eigenvalue weighted by atomic mass is 10.3. The fourth-order valence-corrected chi connectivity index (χ4v) is 1.78. The number of hydrogen-bond acceptors (Lipinski definition) is 7.